The van der Waals surface area contributed by atoms with Crippen LogP contribution in [0.2, 0.25) is 0 Å². The first-order valence-electron chi connectivity index (χ1n) is 8.99. The van der Waals surface area contributed by atoms with Gasteiger partial charge in [0.1, 0.15) is 5.75 Å². The SMILES string of the molecule is CCOc1ccc(-c2noc(CCC(=O)N3CCC(C)CC3)n2)cc1. The fourth-order valence-electron chi connectivity index (χ4n) is 2.97. The van der Waals surface area contributed by atoms with Crippen LogP contribution < -0.4 is 4.74 Å². The van der Waals surface area contributed by atoms with Crippen LogP contribution in [0.5, 0.6) is 5.75 Å². The normalized spacial score (nSPS) is 15.4. The molecule has 0 N–H and O–H groups in total. The summed E-state index contributed by atoms with van der Waals surface area (Å²) in [6.45, 7) is 6.55. The number of rotatable bonds is 6. The molecule has 0 saturated carbocycles. The van der Waals surface area contributed by atoms with Crippen molar-refractivity contribution >= 4 is 5.91 Å². The number of ether oxygens (including phenoxy) is 1. The van der Waals surface area contributed by atoms with Crippen LogP contribution in [0.3, 0.4) is 0 Å². The Balaban J connectivity index is 1.53. The molecule has 0 spiro atoms. The molecule has 1 aromatic heterocycles. The van der Waals surface area contributed by atoms with E-state index in [1.54, 1.807) is 0 Å². The van der Waals surface area contributed by atoms with Gasteiger partial charge in [0.25, 0.3) is 0 Å². The first kappa shape index (κ1) is 17.5. The maximum absolute atomic E-state index is 12.3. The smallest absolute Gasteiger partial charge is 0.227 e. The first-order chi connectivity index (χ1) is 12.2. The Morgan fingerprint density at radius 2 is 2.00 bits per heavy atom. The number of hydrogen-bond donors (Lipinski definition) is 0. The third-order valence-corrected chi connectivity index (χ3v) is 4.58. The molecule has 2 aromatic rings. The number of aryl methyl sites for hydroxylation is 1. The minimum Gasteiger partial charge on any atom is -0.494 e. The third-order valence-electron chi connectivity index (χ3n) is 4.58. The van der Waals surface area contributed by atoms with Gasteiger partial charge >= 0.3 is 0 Å². The van der Waals surface area contributed by atoms with E-state index in [2.05, 4.69) is 17.1 Å². The highest BCUT2D eigenvalue weighted by atomic mass is 16.5. The molecule has 1 amide bonds. The predicted molar refractivity (Wildman–Crippen MR) is 94.2 cm³/mol. The highest BCUT2D eigenvalue weighted by molar-refractivity contribution is 5.76. The van der Waals surface area contributed by atoms with Gasteiger partial charge < -0.3 is 14.2 Å². The number of aromatic nitrogens is 2. The van der Waals surface area contributed by atoms with Crippen molar-refractivity contribution in [1.29, 1.82) is 0 Å². The summed E-state index contributed by atoms with van der Waals surface area (Å²) in [7, 11) is 0. The molecule has 2 heterocycles. The Labute approximate surface area is 148 Å². The summed E-state index contributed by atoms with van der Waals surface area (Å²) >= 11 is 0. The van der Waals surface area contributed by atoms with Crippen LogP contribution in [-0.4, -0.2) is 40.6 Å². The number of carbonyl (C=O) groups is 1. The Hall–Kier alpha value is -2.37. The summed E-state index contributed by atoms with van der Waals surface area (Å²) in [5, 5.41) is 4.01. The van der Waals surface area contributed by atoms with Crippen LogP contribution in [0.1, 0.15) is 39.0 Å². The summed E-state index contributed by atoms with van der Waals surface area (Å²) in [6, 6.07) is 7.57. The molecule has 6 heteroatoms. The van der Waals surface area contributed by atoms with Gasteiger partial charge in [-0.2, -0.15) is 4.98 Å². The summed E-state index contributed by atoms with van der Waals surface area (Å²) in [4.78, 5) is 18.6. The van der Waals surface area contributed by atoms with E-state index in [4.69, 9.17) is 9.26 Å². The molecule has 1 aliphatic heterocycles. The number of nitrogens with zero attached hydrogens (tertiary/aromatic N) is 3. The molecular weight excluding hydrogens is 318 g/mol. The molecular formula is C19H25N3O3. The molecule has 0 aliphatic carbocycles. The summed E-state index contributed by atoms with van der Waals surface area (Å²) in [5.41, 5.74) is 0.870. The van der Waals surface area contributed by atoms with Crippen molar-refractivity contribution in [3.05, 3.63) is 30.2 Å². The molecule has 1 fully saturated rings. The lowest BCUT2D eigenvalue weighted by atomic mass is 9.99. The van der Waals surface area contributed by atoms with Crippen molar-refractivity contribution in [3.8, 4) is 17.1 Å². The molecule has 1 saturated heterocycles. The summed E-state index contributed by atoms with van der Waals surface area (Å²) < 4.78 is 10.7. The molecule has 6 nitrogen and oxygen atoms in total. The highest BCUT2D eigenvalue weighted by Gasteiger charge is 2.20. The molecule has 134 valence electrons. The maximum atomic E-state index is 12.3. The van der Waals surface area contributed by atoms with Crippen LogP contribution in [-0.2, 0) is 11.2 Å². The molecule has 0 unspecified atom stereocenters. The quantitative estimate of drug-likeness (QED) is 0.805. The Morgan fingerprint density at radius 1 is 1.28 bits per heavy atom. The molecule has 1 aromatic carbocycles. The molecule has 0 bridgehead atoms. The Morgan fingerprint density at radius 3 is 2.68 bits per heavy atom. The highest BCUT2D eigenvalue weighted by Crippen LogP contribution is 2.21. The Bertz CT molecular complexity index is 688. The number of carbonyl (C=O) groups excluding carboxylic acids is 1. The number of amides is 1. The van der Waals surface area contributed by atoms with Crippen LogP contribution in [0.15, 0.2) is 28.8 Å². The van der Waals surface area contributed by atoms with E-state index in [0.29, 0.717) is 31.2 Å². The van der Waals surface area contributed by atoms with Crippen molar-refractivity contribution in [2.75, 3.05) is 19.7 Å². The van der Waals surface area contributed by atoms with Gasteiger partial charge in [-0.25, -0.2) is 0 Å². The zero-order valence-electron chi connectivity index (χ0n) is 14.9. The lowest BCUT2D eigenvalue weighted by Gasteiger charge is -2.30. The largest absolute Gasteiger partial charge is 0.494 e. The minimum atomic E-state index is 0.174. The van der Waals surface area contributed by atoms with E-state index in [-0.39, 0.29) is 5.91 Å². The Kier molecular flexibility index (Phi) is 5.68. The number of likely N-dealkylation sites (tertiary alicyclic amines) is 1. The monoisotopic (exact) mass is 343 g/mol. The van der Waals surface area contributed by atoms with Gasteiger partial charge in [0, 0.05) is 31.5 Å². The zero-order chi connectivity index (χ0) is 17.6. The van der Waals surface area contributed by atoms with E-state index in [9.17, 15) is 4.79 Å². The topological polar surface area (TPSA) is 68.5 Å². The second-order valence-corrected chi connectivity index (χ2v) is 6.53. The fourth-order valence-corrected chi connectivity index (χ4v) is 2.97. The second kappa shape index (κ2) is 8.14. The second-order valence-electron chi connectivity index (χ2n) is 6.53. The first-order valence-corrected chi connectivity index (χ1v) is 8.99. The van der Waals surface area contributed by atoms with E-state index >= 15 is 0 Å². The average Bonchev–Trinajstić information content (AvgIpc) is 3.10. The lowest BCUT2D eigenvalue weighted by Crippen LogP contribution is -2.38. The maximum Gasteiger partial charge on any atom is 0.227 e. The molecule has 3 rings (SSSR count). The van der Waals surface area contributed by atoms with Crippen LogP contribution in [0.4, 0.5) is 0 Å². The van der Waals surface area contributed by atoms with Crippen molar-refractivity contribution in [2.24, 2.45) is 5.92 Å². The van der Waals surface area contributed by atoms with Crippen molar-refractivity contribution in [3.63, 3.8) is 0 Å². The minimum absolute atomic E-state index is 0.174. The van der Waals surface area contributed by atoms with Gasteiger partial charge in [0.15, 0.2) is 0 Å². The average molecular weight is 343 g/mol. The van der Waals surface area contributed by atoms with Crippen molar-refractivity contribution in [1.82, 2.24) is 15.0 Å². The molecule has 0 atom stereocenters. The third kappa shape index (κ3) is 4.59. The number of hydrogen-bond acceptors (Lipinski definition) is 5. The van der Waals surface area contributed by atoms with E-state index < -0.39 is 0 Å². The summed E-state index contributed by atoms with van der Waals surface area (Å²) in [6.07, 6.45) is 3.08. The summed E-state index contributed by atoms with van der Waals surface area (Å²) in [5.74, 6) is 2.75. The van der Waals surface area contributed by atoms with Crippen LogP contribution in [0, 0.1) is 5.92 Å². The van der Waals surface area contributed by atoms with Gasteiger partial charge in [0.2, 0.25) is 17.6 Å². The lowest BCUT2D eigenvalue weighted by molar-refractivity contribution is -0.132. The molecule has 1 aliphatic rings. The van der Waals surface area contributed by atoms with Crippen LogP contribution in [0.25, 0.3) is 11.4 Å². The van der Waals surface area contributed by atoms with E-state index in [0.717, 1.165) is 43.2 Å². The van der Waals surface area contributed by atoms with E-state index in [1.165, 1.54) is 0 Å². The van der Waals surface area contributed by atoms with Gasteiger partial charge in [-0.1, -0.05) is 12.1 Å². The van der Waals surface area contributed by atoms with Crippen molar-refractivity contribution in [2.45, 2.75) is 39.5 Å². The van der Waals surface area contributed by atoms with Gasteiger partial charge in [-0.05, 0) is 49.9 Å². The zero-order valence-corrected chi connectivity index (χ0v) is 14.9. The fraction of sp³-hybridized carbons (Fsp3) is 0.526. The van der Waals surface area contributed by atoms with Gasteiger partial charge in [-0.15, -0.1) is 0 Å². The van der Waals surface area contributed by atoms with Gasteiger partial charge in [0.05, 0.1) is 6.61 Å². The standard InChI is InChI=1S/C19H25N3O3/c1-3-24-16-6-4-15(5-7-16)19-20-17(25-21-19)8-9-18(23)22-12-10-14(2)11-13-22/h4-7,14H,3,8-13H2,1-2H3. The van der Waals surface area contributed by atoms with E-state index in [1.807, 2.05) is 36.1 Å². The number of benzene rings is 1. The van der Waals surface area contributed by atoms with Gasteiger partial charge in [-0.3, -0.25) is 4.79 Å². The number of piperidine rings is 1. The van der Waals surface area contributed by atoms with Crippen LogP contribution >= 0.6 is 0 Å². The molecule has 25 heavy (non-hydrogen) atoms. The van der Waals surface area contributed by atoms with Crippen molar-refractivity contribution < 1.29 is 14.1 Å². The predicted octanol–water partition coefficient (Wildman–Crippen LogP) is 3.33. The molecule has 0 radical (unpaired) electrons.